The molecule has 1 rings (SSSR count). The van der Waals surface area contributed by atoms with Crippen molar-refractivity contribution in [3.05, 3.63) is 29.3 Å². The second kappa shape index (κ2) is 3.15. The number of rotatable bonds is 0. The van der Waals surface area contributed by atoms with E-state index in [1.807, 2.05) is 12.1 Å². The summed E-state index contributed by atoms with van der Waals surface area (Å²) in [7, 11) is 2.48. The Kier molecular flexibility index (Phi) is 2.21. The first kappa shape index (κ1) is 7.73. The summed E-state index contributed by atoms with van der Waals surface area (Å²) >= 11 is 0. The number of hydrogen-bond donors (Lipinski definition) is 0. The highest BCUT2D eigenvalue weighted by Gasteiger charge is 1.98. The van der Waals surface area contributed by atoms with E-state index < -0.39 is 0 Å². The van der Waals surface area contributed by atoms with Gasteiger partial charge in [-0.25, -0.2) is 0 Å². The lowest BCUT2D eigenvalue weighted by atomic mass is 10.1. The van der Waals surface area contributed by atoms with Crippen LogP contribution in [0.5, 0.6) is 0 Å². The van der Waals surface area contributed by atoms with Crippen molar-refractivity contribution in [1.82, 2.24) is 0 Å². The largest absolute Gasteiger partial charge is 0.192 e. The van der Waals surface area contributed by atoms with E-state index >= 15 is 0 Å². The van der Waals surface area contributed by atoms with Gasteiger partial charge in [0.25, 0.3) is 0 Å². The average Bonchev–Trinajstić information content (AvgIpc) is 2.04. The molecular formula is C8H5N2P. The third-order valence-electron chi connectivity index (χ3n) is 1.28. The van der Waals surface area contributed by atoms with E-state index in [2.05, 4.69) is 9.24 Å². The first-order valence-electron chi connectivity index (χ1n) is 2.97. The van der Waals surface area contributed by atoms with Gasteiger partial charge in [-0.1, -0.05) is 6.07 Å². The zero-order valence-electron chi connectivity index (χ0n) is 5.70. The smallest absolute Gasteiger partial charge is 0.101 e. The fourth-order valence-corrected chi connectivity index (χ4v) is 1.01. The van der Waals surface area contributed by atoms with Gasteiger partial charge in [-0.15, -0.1) is 9.24 Å². The SMILES string of the molecule is N#Cc1ccc(P)cc1C#N. The van der Waals surface area contributed by atoms with Crippen LogP contribution in [0.4, 0.5) is 0 Å². The van der Waals surface area contributed by atoms with Crippen molar-refractivity contribution < 1.29 is 0 Å². The van der Waals surface area contributed by atoms with Crippen molar-refractivity contribution in [2.24, 2.45) is 0 Å². The maximum absolute atomic E-state index is 8.56. The molecule has 1 aromatic carbocycles. The summed E-state index contributed by atoms with van der Waals surface area (Å²) in [6.45, 7) is 0. The Balaban J connectivity index is 3.34. The maximum Gasteiger partial charge on any atom is 0.101 e. The topological polar surface area (TPSA) is 47.6 Å². The summed E-state index contributed by atoms with van der Waals surface area (Å²) in [4.78, 5) is 0. The molecule has 0 radical (unpaired) electrons. The van der Waals surface area contributed by atoms with E-state index in [9.17, 15) is 0 Å². The van der Waals surface area contributed by atoms with Gasteiger partial charge in [-0.3, -0.25) is 0 Å². The second-order valence-corrected chi connectivity index (χ2v) is 2.70. The van der Waals surface area contributed by atoms with Crippen LogP contribution in [0, 0.1) is 22.7 Å². The molecule has 0 saturated heterocycles. The van der Waals surface area contributed by atoms with Crippen molar-refractivity contribution in [1.29, 1.82) is 10.5 Å². The van der Waals surface area contributed by atoms with Crippen molar-refractivity contribution in [2.75, 3.05) is 0 Å². The maximum atomic E-state index is 8.56. The fourth-order valence-electron chi connectivity index (χ4n) is 0.752. The van der Waals surface area contributed by atoms with Crippen LogP contribution in [0.3, 0.4) is 0 Å². The molecule has 0 bridgehead atoms. The van der Waals surface area contributed by atoms with Crippen LogP contribution in [0.15, 0.2) is 18.2 Å². The molecule has 2 nitrogen and oxygen atoms in total. The summed E-state index contributed by atoms with van der Waals surface area (Å²) in [5, 5.41) is 18.0. The normalized spacial score (nSPS) is 8.27. The van der Waals surface area contributed by atoms with Crippen LogP contribution in [0.25, 0.3) is 0 Å². The molecule has 3 heteroatoms. The van der Waals surface area contributed by atoms with Gasteiger partial charge in [-0.05, 0) is 17.4 Å². The molecule has 1 unspecified atom stereocenters. The molecule has 0 aliphatic heterocycles. The van der Waals surface area contributed by atoms with Crippen molar-refractivity contribution >= 4 is 14.5 Å². The Morgan fingerprint density at radius 1 is 1.09 bits per heavy atom. The van der Waals surface area contributed by atoms with E-state index in [4.69, 9.17) is 10.5 Å². The molecule has 1 aromatic rings. The highest BCUT2D eigenvalue weighted by atomic mass is 31.0. The molecule has 1 atom stereocenters. The Labute approximate surface area is 67.3 Å². The van der Waals surface area contributed by atoms with E-state index in [0.717, 1.165) is 5.30 Å². The van der Waals surface area contributed by atoms with Crippen LogP contribution in [0.1, 0.15) is 11.1 Å². The minimum atomic E-state index is 0.429. The zero-order valence-corrected chi connectivity index (χ0v) is 6.86. The molecule has 0 heterocycles. The fraction of sp³-hybridized carbons (Fsp3) is 0. The van der Waals surface area contributed by atoms with E-state index in [1.165, 1.54) is 0 Å². The van der Waals surface area contributed by atoms with Gasteiger partial charge < -0.3 is 0 Å². The Morgan fingerprint density at radius 2 is 1.73 bits per heavy atom. The molecule has 0 saturated carbocycles. The number of benzene rings is 1. The highest BCUT2D eigenvalue weighted by molar-refractivity contribution is 7.27. The second-order valence-electron chi connectivity index (χ2n) is 2.03. The van der Waals surface area contributed by atoms with Gasteiger partial charge in [0.1, 0.15) is 12.1 Å². The average molecular weight is 160 g/mol. The van der Waals surface area contributed by atoms with Crippen molar-refractivity contribution in [3.63, 3.8) is 0 Å². The Morgan fingerprint density at radius 3 is 2.27 bits per heavy atom. The standard InChI is InChI=1S/C8H5N2P/c9-4-6-1-2-8(11)3-7(6)5-10/h1-3H,11H2. The molecule has 0 spiro atoms. The third kappa shape index (κ3) is 1.55. The summed E-state index contributed by atoms with van der Waals surface area (Å²) in [6, 6.07) is 8.98. The van der Waals surface area contributed by atoms with E-state index in [1.54, 1.807) is 18.2 Å². The molecule has 0 aromatic heterocycles. The lowest BCUT2D eigenvalue weighted by Crippen LogP contribution is -1.93. The Hall–Kier alpha value is -1.37. The van der Waals surface area contributed by atoms with Crippen molar-refractivity contribution in [3.8, 4) is 12.1 Å². The van der Waals surface area contributed by atoms with Gasteiger partial charge in [0.15, 0.2) is 0 Å². The number of nitriles is 2. The van der Waals surface area contributed by atoms with Gasteiger partial charge in [0.05, 0.1) is 11.1 Å². The van der Waals surface area contributed by atoms with Crippen LogP contribution in [0.2, 0.25) is 0 Å². The quantitative estimate of drug-likeness (QED) is 0.530. The first-order valence-corrected chi connectivity index (χ1v) is 3.55. The van der Waals surface area contributed by atoms with Gasteiger partial charge in [0, 0.05) is 0 Å². The Bertz CT molecular complexity index is 357. The summed E-state index contributed by atoms with van der Waals surface area (Å²) < 4.78 is 0. The molecule has 11 heavy (non-hydrogen) atoms. The minimum absolute atomic E-state index is 0.429. The van der Waals surface area contributed by atoms with E-state index in [0.29, 0.717) is 11.1 Å². The lowest BCUT2D eigenvalue weighted by Gasteiger charge is -1.93. The number of hydrogen-bond acceptors (Lipinski definition) is 2. The molecule has 0 N–H and O–H groups in total. The van der Waals surface area contributed by atoms with Gasteiger partial charge in [0.2, 0.25) is 0 Å². The minimum Gasteiger partial charge on any atom is -0.192 e. The highest BCUT2D eigenvalue weighted by Crippen LogP contribution is 2.04. The van der Waals surface area contributed by atoms with Crippen LogP contribution < -0.4 is 5.30 Å². The molecule has 52 valence electrons. The monoisotopic (exact) mass is 160 g/mol. The van der Waals surface area contributed by atoms with Crippen LogP contribution in [-0.4, -0.2) is 0 Å². The predicted octanol–water partition coefficient (Wildman–Crippen LogP) is 0.930. The summed E-state index contributed by atoms with van der Waals surface area (Å²) in [6.07, 6.45) is 0. The first-order chi connectivity index (χ1) is 5.27. The molecule has 0 fully saturated rings. The van der Waals surface area contributed by atoms with E-state index in [-0.39, 0.29) is 0 Å². The predicted molar refractivity (Wildman–Crippen MR) is 45.2 cm³/mol. The third-order valence-corrected chi connectivity index (χ3v) is 1.64. The molecule has 0 aliphatic carbocycles. The molecule has 0 aliphatic rings. The lowest BCUT2D eigenvalue weighted by molar-refractivity contribution is 1.44. The molecule has 0 amide bonds. The van der Waals surface area contributed by atoms with Crippen molar-refractivity contribution in [2.45, 2.75) is 0 Å². The van der Waals surface area contributed by atoms with Gasteiger partial charge >= 0.3 is 0 Å². The van der Waals surface area contributed by atoms with Gasteiger partial charge in [-0.2, -0.15) is 10.5 Å². The van der Waals surface area contributed by atoms with Crippen LogP contribution >= 0.6 is 9.24 Å². The zero-order chi connectivity index (χ0) is 8.27. The summed E-state index contributed by atoms with van der Waals surface area (Å²) in [5.74, 6) is 0. The number of nitrogens with zero attached hydrogens (tertiary/aromatic N) is 2. The molecular weight excluding hydrogens is 155 g/mol. The summed E-state index contributed by atoms with van der Waals surface area (Å²) in [5.41, 5.74) is 0.860. The van der Waals surface area contributed by atoms with Crippen LogP contribution in [-0.2, 0) is 0 Å².